The van der Waals surface area contributed by atoms with E-state index < -0.39 is 18.0 Å². The Labute approximate surface area is 235 Å². The number of amides is 1. The first-order valence-corrected chi connectivity index (χ1v) is 14.2. The maximum atomic E-state index is 12.2. The zero-order valence-corrected chi connectivity index (χ0v) is 23.7. The molecule has 0 aromatic heterocycles. The van der Waals surface area contributed by atoms with Crippen LogP contribution in [0, 0.1) is 0 Å². The predicted molar refractivity (Wildman–Crippen MR) is 160 cm³/mol. The smallest absolute Gasteiger partial charge is 0.335 e. The van der Waals surface area contributed by atoms with Gasteiger partial charge in [0.25, 0.3) is 5.91 Å². The first-order valence-electron chi connectivity index (χ1n) is 14.2. The molecular weight excluding hydrogens is 490 g/mol. The summed E-state index contributed by atoms with van der Waals surface area (Å²) in [6.07, 6.45) is 29.7. The Morgan fingerprint density at radius 2 is 1.41 bits per heavy atom. The number of unbranched alkanes of at least 4 members (excludes halogenated alkanes) is 2. The van der Waals surface area contributed by atoms with E-state index in [0.717, 1.165) is 51.4 Å². The van der Waals surface area contributed by atoms with Gasteiger partial charge < -0.3 is 19.9 Å². The van der Waals surface area contributed by atoms with E-state index in [4.69, 9.17) is 9.47 Å². The molecule has 6 heteroatoms. The molecule has 2 N–H and O–H groups in total. The molecule has 0 bridgehead atoms. The zero-order chi connectivity index (χ0) is 28.4. The van der Waals surface area contributed by atoms with Gasteiger partial charge >= 0.3 is 5.97 Å². The van der Waals surface area contributed by atoms with Gasteiger partial charge in [0.1, 0.15) is 12.4 Å². The molecular formula is C33H47NO5. The van der Waals surface area contributed by atoms with Crippen LogP contribution in [0.3, 0.4) is 0 Å². The highest BCUT2D eigenvalue weighted by Crippen LogP contribution is 2.14. The van der Waals surface area contributed by atoms with Crippen LogP contribution >= 0.6 is 0 Å². The van der Waals surface area contributed by atoms with Crippen LogP contribution < -0.4 is 5.32 Å². The standard InChI is InChI=1S/C33H47NO5/c1-3-5-6-7-8-9-10-11-12-13-14-15-16-17-18-19-20-23-27-38-31(4-2)33(37)39-28-26-34-32(36)29-24-21-22-25-30(29)35/h5-6,8-9,11-12,14-15,17-18,21-22,24-25,31,35H,3-4,7,10,13,16,19-20,23,26-28H2,1-2H3,(H,34,36). The highest BCUT2D eigenvalue weighted by Gasteiger charge is 2.18. The summed E-state index contributed by atoms with van der Waals surface area (Å²) in [7, 11) is 0. The number of benzene rings is 1. The van der Waals surface area contributed by atoms with Gasteiger partial charge in [0.15, 0.2) is 6.10 Å². The van der Waals surface area contributed by atoms with Crippen LogP contribution in [0.15, 0.2) is 85.0 Å². The minimum absolute atomic E-state index is 0.0438. The van der Waals surface area contributed by atoms with Gasteiger partial charge in [-0.25, -0.2) is 4.79 Å². The summed E-state index contributed by atoms with van der Waals surface area (Å²) in [6, 6.07) is 6.28. The SMILES string of the molecule is CCC=CCC=CCC=CCC=CCC=CCCCCOC(CC)C(=O)OCCNC(=O)c1ccccc1O. The number of carbonyl (C=O) groups excluding carboxylic acids is 2. The number of para-hydroxylation sites is 1. The van der Waals surface area contributed by atoms with Crippen LogP contribution in [-0.4, -0.2) is 42.8 Å². The molecule has 6 nitrogen and oxygen atoms in total. The van der Waals surface area contributed by atoms with Crippen LogP contribution in [0.1, 0.15) is 82.0 Å². The molecule has 0 fully saturated rings. The van der Waals surface area contributed by atoms with Crippen molar-refractivity contribution in [2.24, 2.45) is 0 Å². The molecule has 0 aliphatic carbocycles. The monoisotopic (exact) mass is 537 g/mol. The number of carbonyl (C=O) groups is 2. The lowest BCUT2D eigenvalue weighted by molar-refractivity contribution is -0.157. The number of ether oxygens (including phenoxy) is 2. The Bertz CT molecular complexity index is 945. The second-order valence-electron chi connectivity index (χ2n) is 8.91. The van der Waals surface area contributed by atoms with Gasteiger partial charge in [-0.15, -0.1) is 0 Å². The fourth-order valence-electron chi connectivity index (χ4n) is 3.48. The molecule has 0 spiro atoms. The summed E-state index contributed by atoms with van der Waals surface area (Å²) in [5.41, 5.74) is 0.183. The lowest BCUT2D eigenvalue weighted by Gasteiger charge is -2.15. The Balaban J connectivity index is 2.05. The van der Waals surface area contributed by atoms with Crippen LogP contribution in [0.2, 0.25) is 0 Å². The van der Waals surface area contributed by atoms with E-state index in [-0.39, 0.29) is 24.5 Å². The minimum Gasteiger partial charge on any atom is -0.507 e. The maximum Gasteiger partial charge on any atom is 0.335 e. The number of rotatable bonds is 21. The van der Waals surface area contributed by atoms with E-state index in [2.05, 4.69) is 73.0 Å². The van der Waals surface area contributed by atoms with Crippen LogP contribution in [0.5, 0.6) is 5.75 Å². The molecule has 0 aliphatic rings. The summed E-state index contributed by atoms with van der Waals surface area (Å²) in [5.74, 6) is -0.931. The van der Waals surface area contributed by atoms with Gasteiger partial charge in [0.05, 0.1) is 12.1 Å². The lowest BCUT2D eigenvalue weighted by Crippen LogP contribution is -2.31. The predicted octanol–water partition coefficient (Wildman–Crippen LogP) is 7.38. The molecule has 39 heavy (non-hydrogen) atoms. The highest BCUT2D eigenvalue weighted by atomic mass is 16.6. The number of phenols is 1. The molecule has 0 saturated carbocycles. The number of aromatic hydroxyl groups is 1. The van der Waals surface area contributed by atoms with Crippen molar-refractivity contribution < 1.29 is 24.2 Å². The highest BCUT2D eigenvalue weighted by molar-refractivity contribution is 5.96. The summed E-state index contributed by atoms with van der Waals surface area (Å²) in [5, 5.41) is 12.3. The van der Waals surface area contributed by atoms with E-state index in [1.807, 2.05) is 6.92 Å². The lowest BCUT2D eigenvalue weighted by atomic mass is 10.2. The first-order chi connectivity index (χ1) is 19.1. The minimum atomic E-state index is -0.604. The third-order valence-electron chi connectivity index (χ3n) is 5.66. The number of hydrogen-bond donors (Lipinski definition) is 2. The average molecular weight is 538 g/mol. The third-order valence-corrected chi connectivity index (χ3v) is 5.66. The van der Waals surface area contributed by atoms with Crippen molar-refractivity contribution in [3.63, 3.8) is 0 Å². The topological polar surface area (TPSA) is 84.9 Å². The van der Waals surface area contributed by atoms with Gasteiger partial charge in [0, 0.05) is 6.61 Å². The number of nitrogens with one attached hydrogen (secondary N) is 1. The van der Waals surface area contributed by atoms with E-state index in [0.29, 0.717) is 13.0 Å². The second-order valence-corrected chi connectivity index (χ2v) is 8.91. The van der Waals surface area contributed by atoms with Gasteiger partial charge in [-0.2, -0.15) is 0 Å². The van der Waals surface area contributed by atoms with E-state index in [1.165, 1.54) is 12.1 Å². The van der Waals surface area contributed by atoms with Crippen molar-refractivity contribution in [2.75, 3.05) is 19.8 Å². The Kier molecular flexibility index (Phi) is 20.5. The van der Waals surface area contributed by atoms with E-state index >= 15 is 0 Å². The van der Waals surface area contributed by atoms with Crippen LogP contribution in [-0.2, 0) is 14.3 Å². The van der Waals surface area contributed by atoms with Gasteiger partial charge in [-0.05, 0) is 69.9 Å². The summed E-state index contributed by atoms with van der Waals surface area (Å²) < 4.78 is 10.9. The molecule has 1 amide bonds. The Morgan fingerprint density at radius 3 is 2.00 bits per heavy atom. The van der Waals surface area contributed by atoms with E-state index in [1.54, 1.807) is 12.1 Å². The quantitative estimate of drug-likeness (QED) is 0.0971. The van der Waals surface area contributed by atoms with Crippen molar-refractivity contribution in [3.8, 4) is 5.75 Å². The number of hydrogen-bond acceptors (Lipinski definition) is 5. The third kappa shape index (κ3) is 17.7. The summed E-state index contributed by atoms with van der Waals surface area (Å²) in [4.78, 5) is 24.3. The Hall–Kier alpha value is -3.38. The zero-order valence-electron chi connectivity index (χ0n) is 23.7. The fraction of sp³-hybridized carbons (Fsp3) is 0.455. The molecule has 0 aliphatic heterocycles. The maximum absolute atomic E-state index is 12.2. The molecule has 1 aromatic carbocycles. The average Bonchev–Trinajstić information content (AvgIpc) is 2.94. The van der Waals surface area contributed by atoms with Crippen molar-refractivity contribution in [1.82, 2.24) is 5.32 Å². The molecule has 1 rings (SSSR count). The number of allylic oxidation sites excluding steroid dienone is 10. The number of esters is 1. The van der Waals surface area contributed by atoms with Gasteiger partial charge in [-0.3, -0.25) is 4.79 Å². The van der Waals surface area contributed by atoms with Crippen molar-refractivity contribution >= 4 is 11.9 Å². The molecule has 0 radical (unpaired) electrons. The molecule has 0 saturated heterocycles. The normalized spacial score (nSPS) is 12.9. The second kappa shape index (κ2) is 23.7. The largest absolute Gasteiger partial charge is 0.507 e. The summed E-state index contributed by atoms with van der Waals surface area (Å²) in [6.45, 7) is 4.72. The first kappa shape index (κ1) is 33.6. The number of phenolic OH excluding ortho intramolecular Hbond substituents is 1. The Morgan fingerprint density at radius 1 is 0.821 bits per heavy atom. The van der Waals surface area contributed by atoms with Crippen molar-refractivity contribution in [1.29, 1.82) is 0 Å². The fourth-order valence-corrected chi connectivity index (χ4v) is 3.48. The molecule has 1 atom stereocenters. The van der Waals surface area contributed by atoms with Crippen molar-refractivity contribution in [3.05, 3.63) is 90.6 Å². The van der Waals surface area contributed by atoms with Gasteiger partial charge in [-0.1, -0.05) is 86.7 Å². The van der Waals surface area contributed by atoms with Crippen LogP contribution in [0.4, 0.5) is 0 Å². The molecule has 214 valence electrons. The molecule has 1 aromatic rings. The van der Waals surface area contributed by atoms with E-state index in [9.17, 15) is 14.7 Å². The van der Waals surface area contributed by atoms with Gasteiger partial charge in [0.2, 0.25) is 0 Å². The molecule has 1 unspecified atom stereocenters. The summed E-state index contributed by atoms with van der Waals surface area (Å²) >= 11 is 0. The molecule has 0 heterocycles. The van der Waals surface area contributed by atoms with Crippen molar-refractivity contribution in [2.45, 2.75) is 77.7 Å². The van der Waals surface area contributed by atoms with Crippen LogP contribution in [0.25, 0.3) is 0 Å².